The molecule has 128 valence electrons. The Morgan fingerprint density at radius 2 is 1.71 bits per heavy atom. The summed E-state index contributed by atoms with van der Waals surface area (Å²) < 4.78 is 5.91. The van der Waals surface area contributed by atoms with Gasteiger partial charge in [-0.2, -0.15) is 0 Å². The molecule has 0 aliphatic carbocycles. The zero-order chi connectivity index (χ0) is 17.2. The number of para-hydroxylation sites is 1. The van der Waals surface area contributed by atoms with Crippen molar-refractivity contribution in [3.05, 3.63) is 65.7 Å². The van der Waals surface area contributed by atoms with Gasteiger partial charge in [0.1, 0.15) is 5.75 Å². The van der Waals surface area contributed by atoms with Crippen LogP contribution in [0.2, 0.25) is 0 Å². The first-order valence-corrected chi connectivity index (χ1v) is 8.70. The van der Waals surface area contributed by atoms with Crippen LogP contribution in [-0.2, 0) is 11.2 Å². The summed E-state index contributed by atoms with van der Waals surface area (Å²) in [6.45, 7) is 2.87. The maximum atomic E-state index is 11.7. The molecule has 0 saturated heterocycles. The first-order valence-electron chi connectivity index (χ1n) is 8.70. The summed E-state index contributed by atoms with van der Waals surface area (Å²) >= 11 is 0. The molecular weight excluding hydrogens is 300 g/mol. The van der Waals surface area contributed by atoms with Crippen molar-refractivity contribution < 1.29 is 14.6 Å². The molecule has 0 aliphatic rings. The molecule has 0 radical (unpaired) electrons. The highest BCUT2D eigenvalue weighted by atomic mass is 16.5. The van der Waals surface area contributed by atoms with E-state index in [0.29, 0.717) is 13.0 Å². The summed E-state index contributed by atoms with van der Waals surface area (Å²) in [5.41, 5.74) is 1.77. The van der Waals surface area contributed by atoms with Gasteiger partial charge in [0.2, 0.25) is 0 Å². The number of benzene rings is 2. The molecule has 2 aromatic carbocycles. The molecule has 0 aliphatic heterocycles. The van der Waals surface area contributed by atoms with Crippen molar-refractivity contribution in [1.82, 2.24) is 0 Å². The van der Waals surface area contributed by atoms with Gasteiger partial charge >= 0.3 is 5.97 Å². The van der Waals surface area contributed by atoms with E-state index < -0.39 is 11.9 Å². The van der Waals surface area contributed by atoms with Gasteiger partial charge in [0.05, 0.1) is 12.5 Å². The Kier molecular flexibility index (Phi) is 7.34. The number of hydrogen-bond acceptors (Lipinski definition) is 2. The third kappa shape index (κ3) is 5.41. The minimum absolute atomic E-state index is 0.435. The van der Waals surface area contributed by atoms with E-state index in [1.807, 2.05) is 54.6 Å². The fourth-order valence-corrected chi connectivity index (χ4v) is 2.78. The van der Waals surface area contributed by atoms with E-state index in [-0.39, 0.29) is 0 Å². The van der Waals surface area contributed by atoms with Gasteiger partial charge in [0.25, 0.3) is 0 Å². The van der Waals surface area contributed by atoms with Crippen LogP contribution in [0.4, 0.5) is 0 Å². The van der Waals surface area contributed by atoms with Gasteiger partial charge in [-0.15, -0.1) is 0 Å². The molecule has 1 N–H and O–H groups in total. The predicted molar refractivity (Wildman–Crippen MR) is 96.6 cm³/mol. The van der Waals surface area contributed by atoms with Crippen molar-refractivity contribution in [3.8, 4) is 5.75 Å². The Morgan fingerprint density at radius 3 is 2.42 bits per heavy atom. The number of carbonyl (C=O) groups is 1. The van der Waals surface area contributed by atoms with Crippen molar-refractivity contribution >= 4 is 5.97 Å². The molecule has 0 bridgehead atoms. The van der Waals surface area contributed by atoms with Gasteiger partial charge in [0.15, 0.2) is 0 Å². The standard InChI is InChI=1S/C21H26O3/c1-2-3-4-10-15-24-20-14-9-8-13-18(20)16-19(21(22)23)17-11-6-5-7-12-17/h5-9,11-14,19H,2-4,10,15-16H2,1H3,(H,22,23). The Hall–Kier alpha value is -2.29. The van der Waals surface area contributed by atoms with Crippen molar-refractivity contribution in [2.24, 2.45) is 0 Å². The zero-order valence-electron chi connectivity index (χ0n) is 14.3. The van der Waals surface area contributed by atoms with E-state index in [2.05, 4.69) is 6.92 Å². The van der Waals surface area contributed by atoms with E-state index in [1.165, 1.54) is 19.3 Å². The van der Waals surface area contributed by atoms with Gasteiger partial charge in [-0.25, -0.2) is 0 Å². The maximum absolute atomic E-state index is 11.7. The summed E-state index contributed by atoms with van der Waals surface area (Å²) in [5, 5.41) is 9.61. The van der Waals surface area contributed by atoms with Crippen LogP contribution in [0.15, 0.2) is 54.6 Å². The number of unbranched alkanes of at least 4 members (excludes halogenated alkanes) is 3. The molecule has 0 fully saturated rings. The zero-order valence-corrected chi connectivity index (χ0v) is 14.3. The quantitative estimate of drug-likeness (QED) is 0.621. The maximum Gasteiger partial charge on any atom is 0.311 e. The van der Waals surface area contributed by atoms with Crippen molar-refractivity contribution in [2.75, 3.05) is 6.61 Å². The van der Waals surface area contributed by atoms with E-state index in [4.69, 9.17) is 4.74 Å². The largest absolute Gasteiger partial charge is 0.493 e. The second-order valence-corrected chi connectivity index (χ2v) is 6.02. The Morgan fingerprint density at radius 1 is 1.00 bits per heavy atom. The molecule has 3 nitrogen and oxygen atoms in total. The lowest BCUT2D eigenvalue weighted by molar-refractivity contribution is -0.138. The second-order valence-electron chi connectivity index (χ2n) is 6.02. The molecule has 0 saturated carbocycles. The van der Waals surface area contributed by atoms with E-state index in [0.717, 1.165) is 23.3 Å². The molecule has 2 rings (SSSR count). The Bertz CT molecular complexity index is 622. The van der Waals surface area contributed by atoms with Crippen LogP contribution >= 0.6 is 0 Å². The second kappa shape index (κ2) is 9.76. The summed E-state index contributed by atoms with van der Waals surface area (Å²) in [4.78, 5) is 11.7. The van der Waals surface area contributed by atoms with Crippen molar-refractivity contribution in [3.63, 3.8) is 0 Å². The molecular formula is C21H26O3. The Labute approximate surface area is 144 Å². The van der Waals surface area contributed by atoms with Crippen molar-refractivity contribution in [2.45, 2.75) is 44.9 Å². The average Bonchev–Trinajstić information content (AvgIpc) is 2.61. The fraction of sp³-hybridized carbons (Fsp3) is 0.381. The van der Waals surface area contributed by atoms with Gasteiger partial charge in [-0.1, -0.05) is 74.7 Å². The SMILES string of the molecule is CCCCCCOc1ccccc1CC(C(=O)O)c1ccccc1. The minimum Gasteiger partial charge on any atom is -0.493 e. The summed E-state index contributed by atoms with van der Waals surface area (Å²) in [7, 11) is 0. The minimum atomic E-state index is -0.807. The lowest BCUT2D eigenvalue weighted by atomic mass is 9.92. The van der Waals surface area contributed by atoms with Crippen LogP contribution in [0.25, 0.3) is 0 Å². The van der Waals surface area contributed by atoms with E-state index in [1.54, 1.807) is 0 Å². The molecule has 3 heteroatoms. The first-order chi connectivity index (χ1) is 11.7. The lowest BCUT2D eigenvalue weighted by Gasteiger charge is -2.16. The third-order valence-electron chi connectivity index (χ3n) is 4.15. The van der Waals surface area contributed by atoms with Crippen LogP contribution in [0.3, 0.4) is 0 Å². The monoisotopic (exact) mass is 326 g/mol. The molecule has 0 aromatic heterocycles. The molecule has 24 heavy (non-hydrogen) atoms. The Balaban J connectivity index is 2.06. The highest BCUT2D eigenvalue weighted by molar-refractivity contribution is 5.76. The van der Waals surface area contributed by atoms with Gasteiger partial charge in [0, 0.05) is 0 Å². The number of aliphatic carboxylic acids is 1. The predicted octanol–water partition coefficient (Wildman–Crippen LogP) is 5.06. The van der Waals surface area contributed by atoms with Gasteiger partial charge < -0.3 is 9.84 Å². The van der Waals surface area contributed by atoms with Crippen LogP contribution < -0.4 is 4.74 Å². The normalized spacial score (nSPS) is 11.9. The summed E-state index contributed by atoms with van der Waals surface area (Å²) in [5.74, 6) is -0.564. The van der Waals surface area contributed by atoms with Crippen LogP contribution in [0.1, 0.15) is 49.7 Å². The average molecular weight is 326 g/mol. The van der Waals surface area contributed by atoms with E-state index >= 15 is 0 Å². The number of rotatable bonds is 10. The van der Waals surface area contributed by atoms with Crippen LogP contribution in [0, 0.1) is 0 Å². The highest BCUT2D eigenvalue weighted by Crippen LogP contribution is 2.27. The summed E-state index contributed by atoms with van der Waals surface area (Å²) in [6, 6.07) is 17.1. The number of hydrogen-bond donors (Lipinski definition) is 1. The molecule has 1 unspecified atom stereocenters. The fourth-order valence-electron chi connectivity index (χ4n) is 2.78. The first kappa shape index (κ1) is 18.1. The molecule has 1 atom stereocenters. The highest BCUT2D eigenvalue weighted by Gasteiger charge is 2.21. The van der Waals surface area contributed by atoms with Gasteiger partial charge in [-0.3, -0.25) is 4.79 Å². The third-order valence-corrected chi connectivity index (χ3v) is 4.15. The number of ether oxygens (including phenoxy) is 1. The molecule has 0 amide bonds. The van der Waals surface area contributed by atoms with Crippen LogP contribution in [-0.4, -0.2) is 17.7 Å². The number of carboxylic acid groups (broad SMARTS) is 1. The molecule has 0 spiro atoms. The van der Waals surface area contributed by atoms with Crippen molar-refractivity contribution in [1.29, 1.82) is 0 Å². The van der Waals surface area contributed by atoms with Gasteiger partial charge in [-0.05, 0) is 30.0 Å². The lowest BCUT2D eigenvalue weighted by Crippen LogP contribution is -2.15. The molecule has 2 aromatic rings. The number of carboxylic acids is 1. The smallest absolute Gasteiger partial charge is 0.311 e. The molecule has 0 heterocycles. The summed E-state index contributed by atoms with van der Waals surface area (Å²) in [6.07, 6.45) is 5.06. The van der Waals surface area contributed by atoms with Crippen LogP contribution in [0.5, 0.6) is 5.75 Å². The van der Waals surface area contributed by atoms with E-state index in [9.17, 15) is 9.90 Å². The topological polar surface area (TPSA) is 46.5 Å².